The van der Waals surface area contributed by atoms with E-state index in [4.69, 9.17) is 0 Å². The van der Waals surface area contributed by atoms with Gasteiger partial charge in [0.15, 0.2) is 5.78 Å². The molecule has 0 bridgehead atoms. The van der Waals surface area contributed by atoms with Crippen LogP contribution in [0.5, 0.6) is 0 Å². The van der Waals surface area contributed by atoms with Crippen LogP contribution >= 0.6 is 0 Å². The van der Waals surface area contributed by atoms with E-state index in [1.165, 1.54) is 12.0 Å². The fourth-order valence-electron chi connectivity index (χ4n) is 3.44. The molecule has 0 amide bonds. The molecular formula is C17H21NO. The Morgan fingerprint density at radius 1 is 1.37 bits per heavy atom. The molecule has 2 heteroatoms. The van der Waals surface area contributed by atoms with Crippen LogP contribution in [0.25, 0.3) is 10.9 Å². The number of ketones is 1. The summed E-state index contributed by atoms with van der Waals surface area (Å²) in [6.07, 6.45) is 5.25. The van der Waals surface area contributed by atoms with Crippen molar-refractivity contribution in [2.45, 2.75) is 40.0 Å². The summed E-state index contributed by atoms with van der Waals surface area (Å²) in [4.78, 5) is 16.0. The highest BCUT2D eigenvalue weighted by Crippen LogP contribution is 2.44. The van der Waals surface area contributed by atoms with E-state index in [2.05, 4.69) is 44.0 Å². The van der Waals surface area contributed by atoms with Crippen molar-refractivity contribution in [3.63, 3.8) is 0 Å². The molecule has 1 aliphatic rings. The Labute approximate surface area is 114 Å². The van der Waals surface area contributed by atoms with Gasteiger partial charge in [0.2, 0.25) is 0 Å². The van der Waals surface area contributed by atoms with Gasteiger partial charge >= 0.3 is 0 Å². The van der Waals surface area contributed by atoms with Crippen LogP contribution in [0.4, 0.5) is 0 Å². The van der Waals surface area contributed by atoms with Crippen LogP contribution in [0.15, 0.2) is 24.4 Å². The maximum absolute atomic E-state index is 12.8. The number of carbonyl (C=O) groups is 1. The number of aromatic nitrogens is 1. The van der Waals surface area contributed by atoms with Gasteiger partial charge < -0.3 is 4.98 Å². The Morgan fingerprint density at radius 3 is 2.84 bits per heavy atom. The molecule has 2 nitrogen and oxygen atoms in total. The quantitative estimate of drug-likeness (QED) is 0.788. The lowest BCUT2D eigenvalue weighted by Crippen LogP contribution is -2.25. The van der Waals surface area contributed by atoms with Gasteiger partial charge in [-0.1, -0.05) is 32.4 Å². The smallest absolute Gasteiger partial charge is 0.168 e. The molecule has 2 aromatic rings. The van der Waals surface area contributed by atoms with Crippen LogP contribution in [0.1, 0.15) is 49.0 Å². The van der Waals surface area contributed by atoms with Crippen molar-refractivity contribution in [1.29, 1.82) is 0 Å². The molecule has 1 aromatic carbocycles. The first-order chi connectivity index (χ1) is 8.99. The second kappa shape index (κ2) is 4.22. The molecular weight excluding hydrogens is 234 g/mol. The van der Waals surface area contributed by atoms with Crippen LogP contribution in [-0.2, 0) is 0 Å². The molecule has 1 saturated carbocycles. The Bertz CT molecular complexity index is 636. The van der Waals surface area contributed by atoms with Gasteiger partial charge in [0.25, 0.3) is 0 Å². The minimum Gasteiger partial charge on any atom is -0.360 e. The highest BCUT2D eigenvalue weighted by atomic mass is 16.1. The van der Waals surface area contributed by atoms with Crippen molar-refractivity contribution in [1.82, 2.24) is 4.98 Å². The highest BCUT2D eigenvalue weighted by Gasteiger charge is 2.40. The third-order valence-corrected chi connectivity index (χ3v) is 4.68. The van der Waals surface area contributed by atoms with Crippen molar-refractivity contribution in [3.8, 4) is 0 Å². The van der Waals surface area contributed by atoms with Gasteiger partial charge in [0, 0.05) is 28.6 Å². The summed E-state index contributed by atoms with van der Waals surface area (Å²) in [5, 5.41) is 1.07. The molecule has 3 rings (SSSR count). The van der Waals surface area contributed by atoms with Crippen molar-refractivity contribution < 1.29 is 4.79 Å². The van der Waals surface area contributed by atoms with E-state index >= 15 is 0 Å². The average molecular weight is 255 g/mol. The van der Waals surface area contributed by atoms with Gasteiger partial charge in [0.1, 0.15) is 0 Å². The second-order valence-corrected chi connectivity index (χ2v) is 6.55. The number of rotatable bonds is 2. The minimum atomic E-state index is 0.144. The van der Waals surface area contributed by atoms with Crippen molar-refractivity contribution in [3.05, 3.63) is 35.5 Å². The van der Waals surface area contributed by atoms with Crippen molar-refractivity contribution in [2.75, 3.05) is 0 Å². The number of Topliss-reactive ketones (excluding diaryl/α,β-unsaturated/α-hetero) is 1. The lowest BCUT2D eigenvalue weighted by Gasteiger charge is -2.25. The van der Waals surface area contributed by atoms with E-state index in [-0.39, 0.29) is 11.3 Å². The Hall–Kier alpha value is -1.57. The van der Waals surface area contributed by atoms with Gasteiger partial charge in [-0.05, 0) is 36.8 Å². The first-order valence-corrected chi connectivity index (χ1v) is 7.11. The van der Waals surface area contributed by atoms with Gasteiger partial charge in [0.05, 0.1) is 0 Å². The monoisotopic (exact) mass is 255 g/mol. The number of aromatic amines is 1. The summed E-state index contributed by atoms with van der Waals surface area (Å²) in [5.41, 5.74) is 3.30. The standard InChI is InChI=1S/C17H21NO/c1-11-6-7-12-13(10-18-15(12)9-11)16(19)14-5-4-8-17(14,2)3/h6-7,9-10,14,18H,4-5,8H2,1-3H3. The maximum Gasteiger partial charge on any atom is 0.168 e. The summed E-state index contributed by atoms with van der Waals surface area (Å²) in [5.74, 6) is 0.491. The number of fused-ring (bicyclic) bond motifs is 1. The fourth-order valence-corrected chi connectivity index (χ4v) is 3.44. The molecule has 1 fully saturated rings. The summed E-state index contributed by atoms with van der Waals surface area (Å²) >= 11 is 0. The highest BCUT2D eigenvalue weighted by molar-refractivity contribution is 6.09. The summed E-state index contributed by atoms with van der Waals surface area (Å²) < 4.78 is 0. The Morgan fingerprint density at radius 2 is 2.16 bits per heavy atom. The number of nitrogens with one attached hydrogen (secondary N) is 1. The van der Waals surface area contributed by atoms with E-state index < -0.39 is 0 Å². The molecule has 1 heterocycles. The Balaban J connectivity index is 2.03. The first kappa shape index (κ1) is 12.5. The second-order valence-electron chi connectivity index (χ2n) is 6.55. The number of carbonyl (C=O) groups excluding carboxylic acids is 1. The van der Waals surface area contributed by atoms with E-state index in [0.29, 0.717) is 5.78 Å². The Kier molecular flexibility index (Phi) is 2.77. The summed E-state index contributed by atoms with van der Waals surface area (Å²) in [7, 11) is 0. The molecule has 1 unspecified atom stereocenters. The first-order valence-electron chi connectivity index (χ1n) is 7.11. The lowest BCUT2D eigenvalue weighted by atomic mass is 9.77. The zero-order valence-electron chi connectivity index (χ0n) is 11.9. The number of aryl methyl sites for hydroxylation is 1. The molecule has 100 valence electrons. The van der Waals surface area contributed by atoms with Crippen LogP contribution in [0, 0.1) is 18.3 Å². The SMILES string of the molecule is Cc1ccc2c(C(=O)C3CCCC3(C)C)c[nH]c2c1. The molecule has 0 aliphatic heterocycles. The predicted molar refractivity (Wildman–Crippen MR) is 78.5 cm³/mol. The molecule has 0 saturated heterocycles. The molecule has 1 atom stereocenters. The molecule has 0 radical (unpaired) electrons. The maximum atomic E-state index is 12.8. The van der Waals surface area contributed by atoms with Gasteiger partial charge in [-0.25, -0.2) is 0 Å². The van der Waals surface area contributed by atoms with Gasteiger partial charge in [-0.2, -0.15) is 0 Å². The molecule has 1 aliphatic carbocycles. The largest absolute Gasteiger partial charge is 0.360 e. The number of hydrogen-bond acceptors (Lipinski definition) is 1. The lowest BCUT2D eigenvalue weighted by molar-refractivity contribution is 0.0841. The normalized spacial score (nSPS) is 21.9. The molecule has 1 aromatic heterocycles. The minimum absolute atomic E-state index is 0.144. The number of H-pyrrole nitrogens is 1. The third-order valence-electron chi connectivity index (χ3n) is 4.68. The van der Waals surface area contributed by atoms with Crippen molar-refractivity contribution >= 4 is 16.7 Å². The van der Waals surface area contributed by atoms with E-state index in [0.717, 1.165) is 29.3 Å². The molecule has 19 heavy (non-hydrogen) atoms. The topological polar surface area (TPSA) is 32.9 Å². The molecule has 1 N–H and O–H groups in total. The number of hydrogen-bond donors (Lipinski definition) is 1. The summed E-state index contributed by atoms with van der Waals surface area (Å²) in [6.45, 7) is 6.52. The van der Waals surface area contributed by atoms with Crippen LogP contribution < -0.4 is 0 Å². The van der Waals surface area contributed by atoms with Gasteiger partial charge in [-0.15, -0.1) is 0 Å². The third kappa shape index (κ3) is 1.99. The van der Waals surface area contributed by atoms with E-state index in [1.54, 1.807) is 0 Å². The van der Waals surface area contributed by atoms with E-state index in [9.17, 15) is 4.79 Å². The van der Waals surface area contributed by atoms with Gasteiger partial charge in [-0.3, -0.25) is 4.79 Å². The predicted octanol–water partition coefficient (Wildman–Crippen LogP) is 4.49. The van der Waals surface area contributed by atoms with Crippen LogP contribution in [0.2, 0.25) is 0 Å². The zero-order valence-corrected chi connectivity index (χ0v) is 11.9. The fraction of sp³-hybridized carbons (Fsp3) is 0.471. The van der Waals surface area contributed by atoms with Crippen molar-refractivity contribution in [2.24, 2.45) is 11.3 Å². The van der Waals surface area contributed by atoms with E-state index in [1.807, 2.05) is 6.20 Å². The average Bonchev–Trinajstić information content (AvgIpc) is 2.90. The number of benzene rings is 1. The zero-order chi connectivity index (χ0) is 13.6. The summed E-state index contributed by atoms with van der Waals surface area (Å²) in [6, 6.07) is 6.25. The van der Waals surface area contributed by atoms with Crippen LogP contribution in [0.3, 0.4) is 0 Å². The molecule has 0 spiro atoms. The van der Waals surface area contributed by atoms with Crippen LogP contribution in [-0.4, -0.2) is 10.8 Å².